The van der Waals surface area contributed by atoms with Crippen molar-refractivity contribution in [2.24, 2.45) is 0 Å². The second kappa shape index (κ2) is 4.54. The molecular formula is C7H13N5O2. The molecule has 78 valence electrons. The van der Waals surface area contributed by atoms with Crippen molar-refractivity contribution in [3.63, 3.8) is 0 Å². The molecule has 0 atom stereocenters. The molecule has 0 aliphatic heterocycles. The lowest BCUT2D eigenvalue weighted by atomic mass is 10.6. The van der Waals surface area contributed by atoms with Gasteiger partial charge in [0, 0.05) is 14.1 Å². The maximum absolute atomic E-state index is 11.1. The third-order valence-corrected chi connectivity index (χ3v) is 1.50. The number of rotatable bonds is 4. The zero-order valence-corrected chi connectivity index (χ0v) is 8.47. The molecule has 0 aliphatic rings. The Hall–Kier alpha value is -1.66. The molecule has 0 bridgehead atoms. The predicted octanol–water partition coefficient (Wildman–Crippen LogP) is -0.698. The molecule has 0 N–H and O–H groups in total. The number of carbonyl (C=O) groups excluding carboxylic acids is 1. The molecular weight excluding hydrogens is 186 g/mol. The van der Waals surface area contributed by atoms with Crippen LogP contribution in [0.25, 0.3) is 0 Å². The number of nitrogens with zero attached hydrogens (tertiary/aromatic N) is 5. The van der Waals surface area contributed by atoms with Crippen LogP contribution in [0.1, 0.15) is 6.92 Å². The minimum Gasteiger partial charge on any atom is -0.465 e. The molecule has 1 aromatic rings. The Bertz CT molecular complexity index is 309. The van der Waals surface area contributed by atoms with Crippen LogP contribution in [0.5, 0.6) is 0 Å². The first-order valence-corrected chi connectivity index (χ1v) is 4.24. The van der Waals surface area contributed by atoms with Crippen LogP contribution in [-0.4, -0.2) is 46.9 Å². The summed E-state index contributed by atoms with van der Waals surface area (Å²) < 4.78 is 6.16. The summed E-state index contributed by atoms with van der Waals surface area (Å²) in [6.45, 7) is 2.15. The summed E-state index contributed by atoms with van der Waals surface area (Å²) in [4.78, 5) is 12.8. The van der Waals surface area contributed by atoms with Crippen molar-refractivity contribution < 1.29 is 9.53 Å². The van der Waals surface area contributed by atoms with Crippen molar-refractivity contribution in [3.05, 3.63) is 0 Å². The Morgan fingerprint density at radius 1 is 1.57 bits per heavy atom. The molecule has 0 spiro atoms. The molecule has 0 aromatic carbocycles. The summed E-state index contributed by atoms with van der Waals surface area (Å²) in [7, 11) is 3.60. The number of esters is 1. The minimum absolute atomic E-state index is 0.0361. The quantitative estimate of drug-likeness (QED) is 0.597. The van der Waals surface area contributed by atoms with Crippen molar-refractivity contribution in [1.82, 2.24) is 20.2 Å². The zero-order chi connectivity index (χ0) is 10.6. The van der Waals surface area contributed by atoms with Crippen molar-refractivity contribution in [2.75, 3.05) is 25.6 Å². The van der Waals surface area contributed by atoms with Crippen LogP contribution in [0.15, 0.2) is 0 Å². The maximum atomic E-state index is 11.1. The van der Waals surface area contributed by atoms with Crippen LogP contribution < -0.4 is 4.90 Å². The Morgan fingerprint density at radius 2 is 2.29 bits per heavy atom. The van der Waals surface area contributed by atoms with E-state index in [1.165, 1.54) is 4.68 Å². The van der Waals surface area contributed by atoms with E-state index in [2.05, 4.69) is 15.5 Å². The van der Waals surface area contributed by atoms with Crippen LogP contribution in [-0.2, 0) is 16.1 Å². The Balaban J connectivity index is 2.66. The molecule has 14 heavy (non-hydrogen) atoms. The monoisotopic (exact) mass is 199 g/mol. The van der Waals surface area contributed by atoms with Crippen LogP contribution in [0.3, 0.4) is 0 Å². The number of tetrazole rings is 1. The van der Waals surface area contributed by atoms with E-state index in [1.54, 1.807) is 25.9 Å². The topological polar surface area (TPSA) is 73.1 Å². The Morgan fingerprint density at radius 3 is 2.86 bits per heavy atom. The van der Waals surface area contributed by atoms with E-state index in [0.29, 0.717) is 12.6 Å². The van der Waals surface area contributed by atoms with Crippen LogP contribution in [0.2, 0.25) is 0 Å². The van der Waals surface area contributed by atoms with Gasteiger partial charge in [-0.25, -0.2) is 4.68 Å². The normalized spacial score (nSPS) is 9.93. The molecule has 0 aliphatic carbocycles. The van der Waals surface area contributed by atoms with Gasteiger partial charge in [-0.15, -0.1) is 0 Å². The van der Waals surface area contributed by atoms with Crippen LogP contribution >= 0.6 is 0 Å². The van der Waals surface area contributed by atoms with E-state index < -0.39 is 0 Å². The zero-order valence-electron chi connectivity index (χ0n) is 8.47. The maximum Gasteiger partial charge on any atom is 0.327 e. The summed E-state index contributed by atoms with van der Waals surface area (Å²) in [6, 6.07) is 0. The summed E-state index contributed by atoms with van der Waals surface area (Å²) in [5.41, 5.74) is 0. The fourth-order valence-corrected chi connectivity index (χ4v) is 0.951. The van der Waals surface area contributed by atoms with Gasteiger partial charge in [0.25, 0.3) is 0 Å². The van der Waals surface area contributed by atoms with Gasteiger partial charge in [0.05, 0.1) is 6.61 Å². The molecule has 1 heterocycles. The molecule has 0 radical (unpaired) electrons. The van der Waals surface area contributed by atoms with E-state index in [9.17, 15) is 4.79 Å². The van der Waals surface area contributed by atoms with Gasteiger partial charge in [0.15, 0.2) is 0 Å². The number of anilines is 1. The summed E-state index contributed by atoms with van der Waals surface area (Å²) in [5, 5.41) is 10.9. The lowest BCUT2D eigenvalue weighted by Crippen LogP contribution is -2.20. The van der Waals surface area contributed by atoms with Gasteiger partial charge in [0.2, 0.25) is 5.95 Å². The summed E-state index contributed by atoms with van der Waals surface area (Å²) in [5.74, 6) is 0.181. The highest BCUT2D eigenvalue weighted by atomic mass is 16.5. The van der Waals surface area contributed by atoms with E-state index in [1.807, 2.05) is 0 Å². The SMILES string of the molecule is CCOC(=O)Cn1nnnc1N(C)C. The highest BCUT2D eigenvalue weighted by Gasteiger charge is 2.11. The molecule has 1 aromatic heterocycles. The van der Waals surface area contributed by atoms with E-state index in [0.717, 1.165) is 0 Å². The Kier molecular flexibility index (Phi) is 3.38. The number of aromatic nitrogens is 4. The smallest absolute Gasteiger partial charge is 0.327 e. The average molecular weight is 199 g/mol. The highest BCUT2D eigenvalue weighted by molar-refractivity contribution is 5.69. The number of hydrogen-bond acceptors (Lipinski definition) is 6. The number of carbonyl (C=O) groups is 1. The first kappa shape index (κ1) is 10.4. The fraction of sp³-hybridized carbons (Fsp3) is 0.714. The van der Waals surface area contributed by atoms with Crippen LogP contribution in [0, 0.1) is 0 Å². The highest BCUT2D eigenvalue weighted by Crippen LogP contribution is 2.02. The molecule has 0 amide bonds. The standard InChI is InChI=1S/C7H13N5O2/c1-4-14-6(13)5-12-7(11(2)3)8-9-10-12/h4-5H2,1-3H3. The summed E-state index contributed by atoms with van der Waals surface area (Å²) in [6.07, 6.45) is 0. The number of ether oxygens (including phenoxy) is 1. The molecule has 0 saturated carbocycles. The van der Waals surface area contributed by atoms with Gasteiger partial charge in [0.1, 0.15) is 6.54 Å². The van der Waals surface area contributed by atoms with Crippen molar-refractivity contribution in [3.8, 4) is 0 Å². The largest absolute Gasteiger partial charge is 0.465 e. The van der Waals surface area contributed by atoms with Gasteiger partial charge in [-0.1, -0.05) is 5.10 Å². The summed E-state index contributed by atoms with van der Waals surface area (Å²) >= 11 is 0. The molecule has 7 nitrogen and oxygen atoms in total. The van der Waals surface area contributed by atoms with E-state index in [4.69, 9.17) is 4.74 Å². The van der Waals surface area contributed by atoms with Gasteiger partial charge in [-0.05, 0) is 17.4 Å². The van der Waals surface area contributed by atoms with Gasteiger partial charge in [-0.2, -0.15) is 0 Å². The Labute approximate surface area is 81.6 Å². The molecule has 0 fully saturated rings. The molecule has 7 heteroatoms. The first-order valence-electron chi connectivity index (χ1n) is 4.24. The second-order valence-electron chi connectivity index (χ2n) is 2.84. The minimum atomic E-state index is -0.345. The van der Waals surface area contributed by atoms with E-state index in [-0.39, 0.29) is 12.5 Å². The third-order valence-electron chi connectivity index (χ3n) is 1.50. The van der Waals surface area contributed by atoms with Crippen molar-refractivity contribution >= 4 is 11.9 Å². The van der Waals surface area contributed by atoms with E-state index >= 15 is 0 Å². The third kappa shape index (κ3) is 2.41. The second-order valence-corrected chi connectivity index (χ2v) is 2.84. The first-order chi connectivity index (χ1) is 6.65. The van der Waals surface area contributed by atoms with Gasteiger partial charge in [-0.3, -0.25) is 4.79 Å². The molecule has 0 saturated heterocycles. The van der Waals surface area contributed by atoms with Crippen molar-refractivity contribution in [2.45, 2.75) is 13.5 Å². The van der Waals surface area contributed by atoms with Crippen molar-refractivity contribution in [1.29, 1.82) is 0 Å². The molecule has 0 unspecified atom stereocenters. The van der Waals surface area contributed by atoms with Crippen LogP contribution in [0.4, 0.5) is 5.95 Å². The lowest BCUT2D eigenvalue weighted by molar-refractivity contribution is -0.144. The molecule has 1 rings (SSSR count). The lowest BCUT2D eigenvalue weighted by Gasteiger charge is -2.10. The fourth-order valence-electron chi connectivity index (χ4n) is 0.951. The predicted molar refractivity (Wildman–Crippen MR) is 48.8 cm³/mol. The number of hydrogen-bond donors (Lipinski definition) is 0. The van der Waals surface area contributed by atoms with Gasteiger partial charge >= 0.3 is 5.97 Å². The average Bonchev–Trinajstić information content (AvgIpc) is 2.52. The van der Waals surface area contributed by atoms with Gasteiger partial charge < -0.3 is 9.64 Å².